The second-order valence-corrected chi connectivity index (χ2v) is 6.20. The van der Waals surface area contributed by atoms with Crippen molar-refractivity contribution >= 4 is 39.9 Å². The smallest absolute Gasteiger partial charge is 0.323 e. The summed E-state index contributed by atoms with van der Waals surface area (Å²) in [6.07, 6.45) is 0. The molecule has 132 valence electrons. The van der Waals surface area contributed by atoms with E-state index >= 15 is 0 Å². The molecule has 1 atom stereocenters. The van der Waals surface area contributed by atoms with Crippen LogP contribution in [0.5, 0.6) is 0 Å². The number of imidazole rings is 1. The number of hydrogen-bond donors (Lipinski definition) is 4. The quantitative estimate of drug-likeness (QED) is 0.575. The Hall–Kier alpha value is -3.55. The largest absolute Gasteiger partial charge is 0.374 e. The molecule has 0 unspecified atom stereocenters. The Bertz CT molecular complexity index is 1070. The predicted octanol–water partition coefficient (Wildman–Crippen LogP) is 1.64. The van der Waals surface area contributed by atoms with Crippen LogP contribution in [0.4, 0.5) is 17.1 Å². The highest BCUT2D eigenvalue weighted by Gasteiger charge is 2.29. The van der Waals surface area contributed by atoms with Crippen LogP contribution >= 0.6 is 0 Å². The minimum atomic E-state index is -0.558. The van der Waals surface area contributed by atoms with Crippen molar-refractivity contribution in [1.82, 2.24) is 9.97 Å². The molecule has 3 aromatic rings. The van der Waals surface area contributed by atoms with Crippen molar-refractivity contribution in [3.63, 3.8) is 0 Å². The maximum absolute atomic E-state index is 12.9. The maximum atomic E-state index is 12.9. The minimum Gasteiger partial charge on any atom is -0.374 e. The molecular formula is C18H17N5O3. The Morgan fingerprint density at radius 1 is 1.12 bits per heavy atom. The fourth-order valence-corrected chi connectivity index (χ4v) is 3.10. The molecule has 0 bridgehead atoms. The number of nitrogens with zero attached hydrogens (tertiary/aromatic N) is 1. The van der Waals surface area contributed by atoms with Crippen LogP contribution in [0.3, 0.4) is 0 Å². The van der Waals surface area contributed by atoms with E-state index in [9.17, 15) is 14.4 Å². The number of rotatable bonds is 3. The number of hydrogen-bond acceptors (Lipinski definition) is 4. The van der Waals surface area contributed by atoms with E-state index in [2.05, 4.69) is 20.6 Å². The molecule has 0 radical (unpaired) electrons. The zero-order valence-corrected chi connectivity index (χ0v) is 14.0. The van der Waals surface area contributed by atoms with Gasteiger partial charge in [0.15, 0.2) is 0 Å². The van der Waals surface area contributed by atoms with E-state index in [1.807, 2.05) is 12.1 Å². The normalized spacial score (nSPS) is 14.7. The highest BCUT2D eigenvalue weighted by Crippen LogP contribution is 2.29. The van der Waals surface area contributed by atoms with Crippen molar-refractivity contribution < 1.29 is 9.59 Å². The summed E-state index contributed by atoms with van der Waals surface area (Å²) in [6, 6.07) is 11.9. The van der Waals surface area contributed by atoms with Crippen molar-refractivity contribution in [2.45, 2.75) is 13.0 Å². The third-order valence-corrected chi connectivity index (χ3v) is 4.31. The van der Waals surface area contributed by atoms with Gasteiger partial charge in [0.05, 0.1) is 22.4 Å². The first kappa shape index (κ1) is 15.9. The van der Waals surface area contributed by atoms with Crippen molar-refractivity contribution in [3.05, 3.63) is 52.9 Å². The van der Waals surface area contributed by atoms with Crippen LogP contribution in [-0.2, 0) is 9.59 Å². The van der Waals surface area contributed by atoms with Gasteiger partial charge >= 0.3 is 5.69 Å². The van der Waals surface area contributed by atoms with Gasteiger partial charge in [0.2, 0.25) is 11.8 Å². The number of para-hydroxylation sites is 2. The van der Waals surface area contributed by atoms with E-state index in [1.165, 1.54) is 4.90 Å². The first-order valence-corrected chi connectivity index (χ1v) is 8.20. The van der Waals surface area contributed by atoms with E-state index in [0.29, 0.717) is 28.1 Å². The molecule has 0 saturated heterocycles. The molecule has 2 aromatic carbocycles. The van der Waals surface area contributed by atoms with Crippen molar-refractivity contribution in [3.8, 4) is 0 Å². The Balaban J connectivity index is 1.57. The summed E-state index contributed by atoms with van der Waals surface area (Å²) in [5, 5.41) is 5.89. The SMILES string of the molecule is C[C@@H](Nc1ccc2[nH]c(=O)[nH]c2c1)C(=O)N1CC(=O)Nc2ccccc21. The number of fused-ring (bicyclic) bond motifs is 2. The lowest BCUT2D eigenvalue weighted by atomic mass is 10.1. The van der Waals surface area contributed by atoms with Gasteiger partial charge in [-0.15, -0.1) is 0 Å². The van der Waals surface area contributed by atoms with E-state index in [1.54, 1.807) is 37.3 Å². The van der Waals surface area contributed by atoms with Gasteiger partial charge in [-0.05, 0) is 37.3 Å². The lowest BCUT2D eigenvalue weighted by molar-refractivity contribution is -0.122. The number of carbonyl (C=O) groups is 2. The third kappa shape index (κ3) is 2.81. The van der Waals surface area contributed by atoms with E-state index < -0.39 is 6.04 Å². The van der Waals surface area contributed by atoms with Crippen LogP contribution in [0.1, 0.15) is 6.92 Å². The van der Waals surface area contributed by atoms with Gasteiger partial charge in [-0.2, -0.15) is 0 Å². The first-order valence-electron chi connectivity index (χ1n) is 8.20. The Morgan fingerprint density at radius 2 is 1.88 bits per heavy atom. The molecule has 26 heavy (non-hydrogen) atoms. The minimum absolute atomic E-state index is 0.0218. The van der Waals surface area contributed by atoms with E-state index in [0.717, 1.165) is 0 Å². The molecule has 4 rings (SSSR count). The summed E-state index contributed by atoms with van der Waals surface area (Å²) in [5.41, 5.74) is 3.07. The van der Waals surface area contributed by atoms with Gasteiger partial charge < -0.3 is 20.6 Å². The summed E-state index contributed by atoms with van der Waals surface area (Å²) in [4.78, 5) is 43.0. The zero-order chi connectivity index (χ0) is 18.3. The molecule has 8 nitrogen and oxygen atoms in total. The van der Waals surface area contributed by atoms with Gasteiger partial charge in [-0.3, -0.25) is 14.5 Å². The molecule has 0 saturated carbocycles. The number of aromatic nitrogens is 2. The summed E-state index contributed by atoms with van der Waals surface area (Å²) >= 11 is 0. The van der Waals surface area contributed by atoms with Crippen molar-refractivity contribution in [1.29, 1.82) is 0 Å². The van der Waals surface area contributed by atoms with Crippen molar-refractivity contribution in [2.24, 2.45) is 0 Å². The van der Waals surface area contributed by atoms with E-state index in [-0.39, 0.29) is 24.0 Å². The average molecular weight is 351 g/mol. The fourth-order valence-electron chi connectivity index (χ4n) is 3.10. The molecule has 1 aliphatic heterocycles. The first-order chi connectivity index (χ1) is 12.5. The molecule has 0 spiro atoms. The van der Waals surface area contributed by atoms with Crippen LogP contribution < -0.4 is 21.2 Å². The fraction of sp³-hybridized carbons (Fsp3) is 0.167. The molecule has 2 amide bonds. The van der Waals surface area contributed by atoms with Gasteiger partial charge in [-0.25, -0.2) is 4.79 Å². The Labute approximate surface area is 148 Å². The average Bonchev–Trinajstić information content (AvgIpc) is 2.99. The lowest BCUT2D eigenvalue weighted by Crippen LogP contribution is -2.47. The lowest BCUT2D eigenvalue weighted by Gasteiger charge is -2.31. The maximum Gasteiger partial charge on any atom is 0.323 e. The standard InChI is InChI=1S/C18H17N5O3/c1-10(19-11-6-7-12-14(8-11)22-18(26)21-12)17(25)23-9-16(24)20-13-4-2-3-5-15(13)23/h2-8,10,19H,9H2,1H3,(H,20,24)(H2,21,22,26)/t10-/m1/s1. The van der Waals surface area contributed by atoms with Gasteiger partial charge in [0, 0.05) is 5.69 Å². The molecule has 8 heteroatoms. The van der Waals surface area contributed by atoms with Crippen LogP contribution in [0, 0.1) is 0 Å². The second kappa shape index (κ2) is 6.07. The predicted molar refractivity (Wildman–Crippen MR) is 99.4 cm³/mol. The Kier molecular flexibility index (Phi) is 3.72. The zero-order valence-electron chi connectivity index (χ0n) is 14.0. The summed E-state index contributed by atoms with van der Waals surface area (Å²) in [6.45, 7) is 1.72. The Morgan fingerprint density at radius 3 is 2.73 bits per heavy atom. The highest BCUT2D eigenvalue weighted by molar-refractivity contribution is 6.11. The van der Waals surface area contributed by atoms with Crippen LogP contribution in [0.2, 0.25) is 0 Å². The van der Waals surface area contributed by atoms with E-state index in [4.69, 9.17) is 0 Å². The molecule has 2 heterocycles. The molecule has 0 fully saturated rings. The highest BCUT2D eigenvalue weighted by atomic mass is 16.2. The number of benzene rings is 2. The summed E-state index contributed by atoms with van der Waals surface area (Å²) < 4.78 is 0. The van der Waals surface area contributed by atoms with Gasteiger partial charge in [0.25, 0.3) is 0 Å². The van der Waals surface area contributed by atoms with Gasteiger partial charge in [-0.1, -0.05) is 12.1 Å². The number of amides is 2. The number of carbonyl (C=O) groups excluding carboxylic acids is 2. The number of nitrogens with one attached hydrogen (secondary N) is 4. The van der Waals surface area contributed by atoms with Crippen LogP contribution in [-0.4, -0.2) is 34.4 Å². The number of H-pyrrole nitrogens is 2. The summed E-state index contributed by atoms with van der Waals surface area (Å²) in [7, 11) is 0. The van der Waals surface area contributed by atoms with Crippen molar-refractivity contribution in [2.75, 3.05) is 22.1 Å². The number of aromatic amines is 2. The van der Waals surface area contributed by atoms with Gasteiger partial charge in [0.1, 0.15) is 12.6 Å². The topological polar surface area (TPSA) is 110 Å². The monoisotopic (exact) mass is 351 g/mol. The molecule has 1 aliphatic rings. The molecule has 1 aromatic heterocycles. The molecule has 0 aliphatic carbocycles. The third-order valence-electron chi connectivity index (χ3n) is 4.31. The molecule has 4 N–H and O–H groups in total. The number of anilines is 3. The summed E-state index contributed by atoms with van der Waals surface area (Å²) in [5.74, 6) is -0.439. The van der Waals surface area contributed by atoms with Crippen LogP contribution in [0.25, 0.3) is 11.0 Å². The van der Waals surface area contributed by atoms with Crippen LogP contribution in [0.15, 0.2) is 47.3 Å². The molecular weight excluding hydrogens is 334 g/mol. The second-order valence-electron chi connectivity index (χ2n) is 6.20.